The van der Waals surface area contributed by atoms with Gasteiger partial charge in [0.2, 0.25) is 11.8 Å². The maximum Gasteiger partial charge on any atom is 0.246 e. The second-order valence-corrected chi connectivity index (χ2v) is 13.6. The summed E-state index contributed by atoms with van der Waals surface area (Å²) in [5.74, 6) is 0.257. The van der Waals surface area contributed by atoms with E-state index in [-0.39, 0.29) is 46.8 Å². The largest absolute Gasteiger partial charge is 0.343 e. The van der Waals surface area contributed by atoms with Gasteiger partial charge in [0.15, 0.2) is 5.78 Å². The Morgan fingerprint density at radius 1 is 1.08 bits per heavy atom. The van der Waals surface area contributed by atoms with Gasteiger partial charge in [-0.05, 0) is 58.4 Å². The first kappa shape index (κ1) is 29.3. The second kappa shape index (κ2) is 13.1. The molecule has 2 N–H and O–H groups in total. The summed E-state index contributed by atoms with van der Waals surface area (Å²) in [6.07, 6.45) is 13.7. The van der Waals surface area contributed by atoms with Gasteiger partial charge in [-0.3, -0.25) is 14.4 Å². The summed E-state index contributed by atoms with van der Waals surface area (Å²) in [7, 11) is 4.04. The van der Waals surface area contributed by atoms with E-state index in [0.29, 0.717) is 12.2 Å². The maximum absolute atomic E-state index is 14.0. The van der Waals surface area contributed by atoms with Crippen LogP contribution in [0.15, 0.2) is 5.38 Å². The van der Waals surface area contributed by atoms with Gasteiger partial charge in [0.1, 0.15) is 24.6 Å². The van der Waals surface area contributed by atoms with E-state index in [9.17, 15) is 14.4 Å². The third-order valence-corrected chi connectivity index (χ3v) is 10.1. The molecule has 5 atom stereocenters. The highest BCUT2D eigenvalue weighted by Crippen LogP contribution is 2.41. The standard InChI is InChI=1S/C29H47BN4O3S/c1-19(31-3)26(36)33-24(20-11-6-4-7-12-20)28(37)34-16-10-14-23(34)27-32-22(18-38-27)25(35)21-13-8-5-9-15-29(2,30)17-21/h18-21,23-24,31H,4-17,30H2,1-3H3,(H,33,36). The number of Topliss-reactive ketones (excluding diaryl/α,β-unsaturated/α-hetero) is 1. The van der Waals surface area contributed by atoms with Crippen LogP contribution in [0.5, 0.6) is 0 Å². The molecule has 2 aliphatic carbocycles. The maximum atomic E-state index is 14.0. The molecule has 3 fully saturated rings. The van der Waals surface area contributed by atoms with Crippen LogP contribution in [0.3, 0.4) is 0 Å². The van der Waals surface area contributed by atoms with Gasteiger partial charge in [0, 0.05) is 17.8 Å². The van der Waals surface area contributed by atoms with Crippen LogP contribution < -0.4 is 10.6 Å². The van der Waals surface area contributed by atoms with E-state index in [1.807, 2.05) is 17.2 Å². The van der Waals surface area contributed by atoms with E-state index in [2.05, 4.69) is 25.4 Å². The van der Waals surface area contributed by atoms with Crippen molar-refractivity contribution in [3.8, 4) is 0 Å². The van der Waals surface area contributed by atoms with Crippen molar-refractivity contribution in [1.29, 1.82) is 0 Å². The summed E-state index contributed by atoms with van der Waals surface area (Å²) in [6.45, 7) is 4.78. The van der Waals surface area contributed by atoms with Crippen molar-refractivity contribution in [2.45, 2.75) is 121 Å². The number of nitrogens with one attached hydrogen (secondary N) is 2. The zero-order valence-electron chi connectivity index (χ0n) is 23.9. The molecule has 0 spiro atoms. The second-order valence-electron chi connectivity index (χ2n) is 12.7. The summed E-state index contributed by atoms with van der Waals surface area (Å²) in [4.78, 5) is 47.2. The predicted octanol–water partition coefficient (Wildman–Crippen LogP) is 4.44. The molecule has 4 rings (SSSR count). The lowest BCUT2D eigenvalue weighted by Crippen LogP contribution is -2.55. The monoisotopic (exact) mass is 542 g/mol. The smallest absolute Gasteiger partial charge is 0.246 e. The molecule has 1 aromatic heterocycles. The van der Waals surface area contributed by atoms with Gasteiger partial charge >= 0.3 is 0 Å². The number of rotatable bonds is 8. The zero-order chi connectivity index (χ0) is 27.3. The molecule has 0 aromatic carbocycles. The number of carbonyl (C=O) groups is 3. The molecular formula is C29H47BN4O3S. The number of hydrogen-bond acceptors (Lipinski definition) is 6. The fraction of sp³-hybridized carbons (Fsp3) is 0.793. The minimum absolute atomic E-state index is 0.0147. The normalized spacial score (nSPS) is 28.8. The number of thiazole rings is 1. The van der Waals surface area contributed by atoms with E-state index in [0.717, 1.165) is 62.8 Å². The predicted molar refractivity (Wildman–Crippen MR) is 155 cm³/mol. The lowest BCUT2D eigenvalue weighted by Gasteiger charge is -2.35. The average Bonchev–Trinajstić information content (AvgIpc) is 3.58. The lowest BCUT2D eigenvalue weighted by molar-refractivity contribution is -0.139. The van der Waals surface area contributed by atoms with Crippen LogP contribution in [-0.4, -0.2) is 61.0 Å². The Morgan fingerprint density at radius 3 is 2.53 bits per heavy atom. The number of aromatic nitrogens is 1. The Bertz CT molecular complexity index is 977. The van der Waals surface area contributed by atoms with Crippen molar-refractivity contribution in [1.82, 2.24) is 20.5 Å². The third kappa shape index (κ3) is 7.06. The molecule has 2 heterocycles. The highest BCUT2D eigenvalue weighted by Gasteiger charge is 2.40. The molecule has 0 bridgehead atoms. The summed E-state index contributed by atoms with van der Waals surface area (Å²) >= 11 is 1.52. The van der Waals surface area contributed by atoms with Gasteiger partial charge in [0.25, 0.3) is 0 Å². The molecule has 38 heavy (non-hydrogen) atoms. The highest BCUT2D eigenvalue weighted by atomic mass is 32.1. The quantitative estimate of drug-likeness (QED) is 0.374. The molecule has 0 radical (unpaired) electrons. The fourth-order valence-corrected chi connectivity index (χ4v) is 7.71. The number of carbonyl (C=O) groups excluding carboxylic acids is 3. The number of amides is 2. The van der Waals surface area contributed by atoms with Crippen molar-refractivity contribution in [2.75, 3.05) is 13.6 Å². The number of ketones is 1. The molecule has 5 unspecified atom stereocenters. The van der Waals surface area contributed by atoms with E-state index < -0.39 is 6.04 Å². The van der Waals surface area contributed by atoms with E-state index in [1.165, 1.54) is 37.0 Å². The number of nitrogens with zero attached hydrogens (tertiary/aromatic N) is 2. The number of likely N-dealkylation sites (N-methyl/N-ethyl adjacent to an activating group) is 1. The van der Waals surface area contributed by atoms with Crippen molar-refractivity contribution in [3.05, 3.63) is 16.1 Å². The summed E-state index contributed by atoms with van der Waals surface area (Å²) < 4.78 is 0. The Balaban J connectivity index is 1.50. The molecule has 2 saturated carbocycles. The minimum Gasteiger partial charge on any atom is -0.343 e. The van der Waals surface area contributed by atoms with Crippen molar-refractivity contribution in [3.63, 3.8) is 0 Å². The first-order chi connectivity index (χ1) is 18.2. The number of likely N-dealkylation sites (tertiary alicyclic amines) is 1. The lowest BCUT2D eigenvalue weighted by atomic mass is 9.60. The van der Waals surface area contributed by atoms with Gasteiger partial charge in [0.05, 0.1) is 12.1 Å². The fourth-order valence-electron chi connectivity index (χ4n) is 6.75. The summed E-state index contributed by atoms with van der Waals surface area (Å²) in [6, 6.07) is -0.973. The topological polar surface area (TPSA) is 91.4 Å². The van der Waals surface area contributed by atoms with Crippen LogP contribution in [0.25, 0.3) is 0 Å². The van der Waals surface area contributed by atoms with Crippen LogP contribution in [0.4, 0.5) is 0 Å². The first-order valence-corrected chi connectivity index (χ1v) is 15.9. The molecule has 7 nitrogen and oxygen atoms in total. The van der Waals surface area contributed by atoms with Crippen molar-refractivity contribution in [2.24, 2.45) is 11.8 Å². The zero-order valence-corrected chi connectivity index (χ0v) is 24.7. The van der Waals surface area contributed by atoms with E-state index in [1.54, 1.807) is 7.05 Å². The Labute approximate surface area is 233 Å². The number of hydrogen-bond donors (Lipinski definition) is 2. The first-order valence-electron chi connectivity index (χ1n) is 15.0. The van der Waals surface area contributed by atoms with Gasteiger partial charge < -0.3 is 15.5 Å². The molecule has 2 amide bonds. The van der Waals surface area contributed by atoms with E-state index in [4.69, 9.17) is 4.98 Å². The molecule has 210 valence electrons. The Hall–Kier alpha value is -1.74. The van der Waals surface area contributed by atoms with Crippen LogP contribution in [0, 0.1) is 11.8 Å². The SMILES string of the molecule is BC1(C)CCCCCC(C(=O)c2csc(C3CCCN3C(=O)C(NC(=O)C(C)NC)C3CCCCC3)n2)C1. The molecule has 1 aliphatic heterocycles. The third-order valence-electron chi connectivity index (χ3n) is 9.18. The van der Waals surface area contributed by atoms with Crippen LogP contribution in [-0.2, 0) is 9.59 Å². The molecule has 3 aliphatic rings. The summed E-state index contributed by atoms with van der Waals surface area (Å²) in [5, 5.41) is 9.06. The summed E-state index contributed by atoms with van der Waals surface area (Å²) in [5.41, 5.74) is 0.575. The van der Waals surface area contributed by atoms with Gasteiger partial charge in [-0.2, -0.15) is 0 Å². The molecular weight excluding hydrogens is 495 g/mol. The molecule has 9 heteroatoms. The Morgan fingerprint density at radius 2 is 1.79 bits per heavy atom. The van der Waals surface area contributed by atoms with Crippen LogP contribution in [0.2, 0.25) is 5.31 Å². The highest BCUT2D eigenvalue weighted by molar-refractivity contribution is 7.09. The van der Waals surface area contributed by atoms with Gasteiger partial charge in [-0.15, -0.1) is 11.3 Å². The van der Waals surface area contributed by atoms with Crippen molar-refractivity contribution < 1.29 is 14.4 Å². The van der Waals surface area contributed by atoms with Crippen LogP contribution >= 0.6 is 11.3 Å². The Kier molecular flexibility index (Phi) is 10.1. The molecule has 1 saturated heterocycles. The van der Waals surface area contributed by atoms with Gasteiger partial charge in [-0.1, -0.05) is 57.2 Å². The average molecular weight is 543 g/mol. The van der Waals surface area contributed by atoms with Gasteiger partial charge in [-0.25, -0.2) is 4.98 Å². The van der Waals surface area contributed by atoms with Crippen molar-refractivity contribution >= 4 is 36.8 Å². The van der Waals surface area contributed by atoms with Crippen LogP contribution in [0.1, 0.15) is 119 Å². The minimum atomic E-state index is -0.502. The van der Waals surface area contributed by atoms with E-state index >= 15 is 0 Å². The molecule has 1 aromatic rings.